The summed E-state index contributed by atoms with van der Waals surface area (Å²) in [7, 11) is 2.97. The Hall–Kier alpha value is -2.89. The molecule has 0 saturated heterocycles. The summed E-state index contributed by atoms with van der Waals surface area (Å²) in [5.41, 5.74) is 2.76. The second-order valence-electron chi connectivity index (χ2n) is 4.39. The van der Waals surface area contributed by atoms with Crippen LogP contribution in [0.3, 0.4) is 0 Å². The summed E-state index contributed by atoms with van der Waals surface area (Å²) in [6, 6.07) is 12.6. The van der Waals surface area contributed by atoms with Gasteiger partial charge >= 0.3 is 5.97 Å². The van der Waals surface area contributed by atoms with Crippen LogP contribution in [0.15, 0.2) is 42.5 Å². The average Bonchev–Trinajstić information content (AvgIpc) is 2.97. The first-order valence-corrected chi connectivity index (χ1v) is 6.31. The molecule has 0 unspecified atom stereocenters. The van der Waals surface area contributed by atoms with Crippen molar-refractivity contribution in [1.82, 2.24) is 15.0 Å². The van der Waals surface area contributed by atoms with Crippen LogP contribution in [0.25, 0.3) is 16.7 Å². The Bertz CT molecular complexity index is 794. The van der Waals surface area contributed by atoms with Gasteiger partial charge in [0.15, 0.2) is 0 Å². The predicted molar refractivity (Wildman–Crippen MR) is 76.8 cm³/mol. The molecule has 2 aromatic carbocycles. The summed E-state index contributed by atoms with van der Waals surface area (Å²) < 4.78 is 11.5. The fraction of sp³-hybridized carbons (Fsp3) is 0.133. The first kappa shape index (κ1) is 13.1. The van der Waals surface area contributed by atoms with Crippen LogP contribution in [-0.4, -0.2) is 35.2 Å². The van der Waals surface area contributed by atoms with Crippen LogP contribution in [0.2, 0.25) is 0 Å². The van der Waals surface area contributed by atoms with Gasteiger partial charge in [0.25, 0.3) is 0 Å². The summed E-state index contributed by atoms with van der Waals surface area (Å²) in [6.45, 7) is 0. The quantitative estimate of drug-likeness (QED) is 0.689. The second-order valence-corrected chi connectivity index (χ2v) is 4.39. The van der Waals surface area contributed by atoms with Crippen LogP contribution in [0, 0.1) is 0 Å². The van der Waals surface area contributed by atoms with Crippen molar-refractivity contribution in [1.29, 1.82) is 0 Å². The van der Waals surface area contributed by atoms with Crippen LogP contribution in [-0.2, 0) is 4.74 Å². The van der Waals surface area contributed by atoms with Gasteiger partial charge in [-0.3, -0.25) is 0 Å². The van der Waals surface area contributed by atoms with E-state index in [1.54, 1.807) is 30.0 Å². The molecule has 0 amide bonds. The fourth-order valence-corrected chi connectivity index (χ4v) is 2.08. The van der Waals surface area contributed by atoms with Crippen LogP contribution in [0.5, 0.6) is 5.75 Å². The van der Waals surface area contributed by atoms with Crippen LogP contribution in [0.1, 0.15) is 10.4 Å². The third kappa shape index (κ3) is 2.31. The number of rotatable bonds is 3. The normalized spacial score (nSPS) is 10.6. The zero-order valence-electron chi connectivity index (χ0n) is 11.6. The van der Waals surface area contributed by atoms with Gasteiger partial charge in [0.05, 0.1) is 31.0 Å². The molecule has 106 valence electrons. The molecule has 0 N–H and O–H groups in total. The number of carbonyl (C=O) groups excluding carboxylic acids is 1. The molecule has 0 radical (unpaired) electrons. The van der Waals surface area contributed by atoms with Gasteiger partial charge in [0.1, 0.15) is 11.3 Å². The molecule has 0 atom stereocenters. The summed E-state index contributed by atoms with van der Waals surface area (Å²) in [4.78, 5) is 11.5. The molecule has 0 saturated carbocycles. The lowest BCUT2D eigenvalue weighted by atomic mass is 10.2. The first-order valence-electron chi connectivity index (χ1n) is 6.31. The van der Waals surface area contributed by atoms with E-state index in [0.29, 0.717) is 11.1 Å². The van der Waals surface area contributed by atoms with E-state index >= 15 is 0 Å². The fourth-order valence-electron chi connectivity index (χ4n) is 2.08. The Morgan fingerprint density at radius 1 is 1.10 bits per heavy atom. The van der Waals surface area contributed by atoms with Crippen LogP contribution < -0.4 is 4.74 Å². The lowest BCUT2D eigenvalue weighted by Gasteiger charge is -2.04. The molecule has 0 spiro atoms. The number of benzene rings is 2. The van der Waals surface area contributed by atoms with Crippen LogP contribution >= 0.6 is 0 Å². The monoisotopic (exact) mass is 283 g/mol. The first-order chi connectivity index (χ1) is 10.2. The Morgan fingerprint density at radius 3 is 2.52 bits per heavy atom. The van der Waals surface area contributed by atoms with E-state index in [2.05, 4.69) is 10.3 Å². The van der Waals surface area contributed by atoms with Crippen molar-refractivity contribution in [2.24, 2.45) is 0 Å². The molecule has 0 aliphatic rings. The maximum atomic E-state index is 11.5. The van der Waals surface area contributed by atoms with Crippen molar-refractivity contribution >= 4 is 17.0 Å². The van der Waals surface area contributed by atoms with E-state index in [4.69, 9.17) is 9.47 Å². The van der Waals surface area contributed by atoms with Gasteiger partial charge in [-0.05, 0) is 42.5 Å². The summed E-state index contributed by atoms with van der Waals surface area (Å²) in [5, 5.41) is 8.21. The zero-order valence-corrected chi connectivity index (χ0v) is 11.6. The molecular formula is C15H13N3O3. The minimum Gasteiger partial charge on any atom is -0.497 e. The van der Waals surface area contributed by atoms with E-state index in [1.165, 1.54) is 7.11 Å². The number of esters is 1. The number of hydrogen-bond donors (Lipinski definition) is 0. The molecule has 1 aromatic heterocycles. The second kappa shape index (κ2) is 5.24. The molecule has 3 rings (SSSR count). The van der Waals surface area contributed by atoms with Crippen molar-refractivity contribution in [3.63, 3.8) is 0 Å². The average molecular weight is 283 g/mol. The van der Waals surface area contributed by atoms with E-state index in [9.17, 15) is 4.79 Å². The van der Waals surface area contributed by atoms with Gasteiger partial charge in [-0.15, -0.1) is 5.10 Å². The van der Waals surface area contributed by atoms with Gasteiger partial charge in [-0.25, -0.2) is 9.48 Å². The molecule has 21 heavy (non-hydrogen) atoms. The highest BCUT2D eigenvalue weighted by atomic mass is 16.5. The predicted octanol–water partition coefficient (Wildman–Crippen LogP) is 2.22. The van der Waals surface area contributed by atoms with E-state index in [-0.39, 0.29) is 0 Å². The van der Waals surface area contributed by atoms with Gasteiger partial charge < -0.3 is 9.47 Å². The number of nitrogens with zero attached hydrogens (tertiary/aromatic N) is 3. The molecule has 6 heteroatoms. The van der Waals surface area contributed by atoms with Gasteiger partial charge in [0, 0.05) is 0 Å². The highest BCUT2D eigenvalue weighted by Crippen LogP contribution is 2.20. The van der Waals surface area contributed by atoms with E-state index in [1.807, 2.05) is 24.3 Å². The van der Waals surface area contributed by atoms with Gasteiger partial charge in [-0.1, -0.05) is 5.21 Å². The number of methoxy groups -OCH3 is 2. The molecular weight excluding hydrogens is 270 g/mol. The van der Waals surface area contributed by atoms with Crippen molar-refractivity contribution in [2.75, 3.05) is 14.2 Å². The van der Waals surface area contributed by atoms with Crippen molar-refractivity contribution in [2.45, 2.75) is 0 Å². The van der Waals surface area contributed by atoms with Crippen LogP contribution in [0.4, 0.5) is 0 Å². The van der Waals surface area contributed by atoms with Crippen molar-refractivity contribution in [3.8, 4) is 11.4 Å². The molecule has 1 heterocycles. The highest BCUT2D eigenvalue weighted by molar-refractivity contribution is 5.93. The molecule has 6 nitrogen and oxygen atoms in total. The SMILES string of the molecule is COC(=O)c1ccc2c(c1)nnn2-c1ccc(OC)cc1. The standard InChI is InChI=1S/C15H13N3O3/c1-20-12-6-4-11(5-7-12)18-14-8-3-10(15(19)21-2)9-13(14)16-17-18/h3-9H,1-2H3. The molecule has 0 aliphatic heterocycles. The third-order valence-electron chi connectivity index (χ3n) is 3.18. The summed E-state index contributed by atoms with van der Waals surface area (Å²) in [6.07, 6.45) is 0. The highest BCUT2D eigenvalue weighted by Gasteiger charge is 2.11. The lowest BCUT2D eigenvalue weighted by Crippen LogP contribution is -2.01. The van der Waals surface area contributed by atoms with Crippen molar-refractivity contribution in [3.05, 3.63) is 48.0 Å². The number of carbonyl (C=O) groups is 1. The Labute approximate surface area is 120 Å². The smallest absolute Gasteiger partial charge is 0.337 e. The maximum Gasteiger partial charge on any atom is 0.337 e. The van der Waals surface area contributed by atoms with Gasteiger partial charge in [-0.2, -0.15) is 0 Å². The molecule has 3 aromatic rings. The number of ether oxygens (including phenoxy) is 2. The lowest BCUT2D eigenvalue weighted by molar-refractivity contribution is 0.0601. The Balaban J connectivity index is 2.05. The zero-order chi connectivity index (χ0) is 14.8. The number of aromatic nitrogens is 3. The Kier molecular flexibility index (Phi) is 3.27. The largest absolute Gasteiger partial charge is 0.497 e. The number of fused-ring (bicyclic) bond motifs is 1. The van der Waals surface area contributed by atoms with Crippen molar-refractivity contribution < 1.29 is 14.3 Å². The Morgan fingerprint density at radius 2 is 1.86 bits per heavy atom. The third-order valence-corrected chi connectivity index (χ3v) is 3.18. The maximum absolute atomic E-state index is 11.5. The van der Waals surface area contributed by atoms with Gasteiger partial charge in [0.2, 0.25) is 0 Å². The minimum absolute atomic E-state index is 0.393. The van der Waals surface area contributed by atoms with E-state index in [0.717, 1.165) is 17.0 Å². The minimum atomic E-state index is -0.393. The summed E-state index contributed by atoms with van der Waals surface area (Å²) >= 11 is 0. The molecule has 0 fully saturated rings. The number of hydrogen-bond acceptors (Lipinski definition) is 5. The molecule has 0 bridgehead atoms. The summed E-state index contributed by atoms with van der Waals surface area (Å²) in [5.74, 6) is 0.382. The molecule has 0 aliphatic carbocycles. The van der Waals surface area contributed by atoms with E-state index < -0.39 is 5.97 Å². The topological polar surface area (TPSA) is 66.2 Å².